The van der Waals surface area contributed by atoms with Gasteiger partial charge in [-0.05, 0) is 11.8 Å². The molecule has 0 saturated heterocycles. The minimum Gasteiger partial charge on any atom is -0.346 e. The Morgan fingerprint density at radius 2 is 2.15 bits per heavy atom. The standard InChI is InChI=1S/C10H13NO2/c1-10(2)4-7-6(8(12)5-10)3-9(13)11-7/h3,7H,4-5H2,1-2H3,(H,11,13). The summed E-state index contributed by atoms with van der Waals surface area (Å²) in [5.41, 5.74) is 0.709. The molecular formula is C10H13NO2. The van der Waals surface area contributed by atoms with Gasteiger partial charge in [-0.1, -0.05) is 13.8 Å². The van der Waals surface area contributed by atoms with Crippen LogP contribution < -0.4 is 5.32 Å². The summed E-state index contributed by atoms with van der Waals surface area (Å²) >= 11 is 0. The smallest absolute Gasteiger partial charge is 0.244 e. The van der Waals surface area contributed by atoms with Gasteiger partial charge in [-0.15, -0.1) is 0 Å². The van der Waals surface area contributed by atoms with E-state index < -0.39 is 0 Å². The number of nitrogens with one attached hydrogen (secondary N) is 1. The van der Waals surface area contributed by atoms with Crippen LogP contribution in [-0.2, 0) is 9.59 Å². The van der Waals surface area contributed by atoms with Crippen LogP contribution in [0.5, 0.6) is 0 Å². The van der Waals surface area contributed by atoms with Gasteiger partial charge in [0.25, 0.3) is 0 Å². The maximum absolute atomic E-state index is 11.6. The summed E-state index contributed by atoms with van der Waals surface area (Å²) in [5.74, 6) is 0.00523. The lowest BCUT2D eigenvalue weighted by molar-refractivity contribution is -0.119. The fraction of sp³-hybridized carbons (Fsp3) is 0.600. The molecule has 0 aromatic carbocycles. The van der Waals surface area contributed by atoms with Crippen molar-refractivity contribution in [1.82, 2.24) is 5.32 Å². The summed E-state index contributed by atoms with van der Waals surface area (Å²) in [6.45, 7) is 4.12. The molecule has 1 N–H and O–H groups in total. The topological polar surface area (TPSA) is 46.2 Å². The number of carbonyl (C=O) groups excluding carboxylic acids is 2. The molecular weight excluding hydrogens is 166 g/mol. The zero-order chi connectivity index (χ0) is 9.64. The van der Waals surface area contributed by atoms with Crippen LogP contribution in [0.4, 0.5) is 0 Å². The molecule has 1 fully saturated rings. The van der Waals surface area contributed by atoms with Crippen LogP contribution in [0.25, 0.3) is 0 Å². The first-order valence-corrected chi connectivity index (χ1v) is 4.53. The van der Waals surface area contributed by atoms with Gasteiger partial charge in [0, 0.05) is 18.1 Å². The minimum atomic E-state index is -0.119. The number of amides is 1. The highest BCUT2D eigenvalue weighted by molar-refractivity contribution is 6.07. The summed E-state index contributed by atoms with van der Waals surface area (Å²) < 4.78 is 0. The van der Waals surface area contributed by atoms with Gasteiger partial charge in [-0.25, -0.2) is 0 Å². The van der Waals surface area contributed by atoms with Gasteiger partial charge in [-0.3, -0.25) is 9.59 Å². The quantitative estimate of drug-likeness (QED) is 0.598. The molecule has 3 nitrogen and oxygen atoms in total. The van der Waals surface area contributed by atoms with E-state index in [0.29, 0.717) is 12.0 Å². The lowest BCUT2D eigenvalue weighted by Gasteiger charge is -2.33. The van der Waals surface area contributed by atoms with Crippen molar-refractivity contribution in [3.05, 3.63) is 11.6 Å². The Hall–Kier alpha value is -1.12. The third kappa shape index (κ3) is 1.39. The van der Waals surface area contributed by atoms with Crippen LogP contribution in [-0.4, -0.2) is 17.7 Å². The van der Waals surface area contributed by atoms with Gasteiger partial charge in [-0.2, -0.15) is 0 Å². The van der Waals surface area contributed by atoms with Crippen molar-refractivity contribution >= 4 is 11.7 Å². The number of fused-ring (bicyclic) bond motifs is 1. The molecule has 1 unspecified atom stereocenters. The van der Waals surface area contributed by atoms with Gasteiger partial charge in [0.15, 0.2) is 5.78 Å². The first kappa shape index (κ1) is 8.48. The SMILES string of the molecule is CC1(C)CC(=O)C2=CC(=O)NC2C1. The molecule has 1 aliphatic carbocycles. The minimum absolute atomic E-state index is 0.0243. The summed E-state index contributed by atoms with van der Waals surface area (Å²) in [5, 5.41) is 2.79. The Balaban J connectivity index is 2.29. The van der Waals surface area contributed by atoms with Crippen LogP contribution in [0.3, 0.4) is 0 Å². The maximum atomic E-state index is 11.6. The van der Waals surface area contributed by atoms with E-state index in [1.54, 1.807) is 0 Å². The lowest BCUT2D eigenvalue weighted by Crippen LogP contribution is -2.40. The molecule has 1 atom stereocenters. The lowest BCUT2D eigenvalue weighted by atomic mass is 9.73. The van der Waals surface area contributed by atoms with Crippen LogP contribution in [0, 0.1) is 5.41 Å². The van der Waals surface area contributed by atoms with Crippen LogP contribution >= 0.6 is 0 Å². The number of Topliss-reactive ketones (excluding diaryl/α,β-unsaturated/α-hetero) is 1. The normalized spacial score (nSPS) is 30.9. The van der Waals surface area contributed by atoms with Gasteiger partial charge in [0.1, 0.15) is 0 Å². The number of hydrogen-bond donors (Lipinski definition) is 1. The predicted molar refractivity (Wildman–Crippen MR) is 48.0 cm³/mol. The third-order valence-electron chi connectivity index (χ3n) is 2.70. The van der Waals surface area contributed by atoms with Gasteiger partial charge >= 0.3 is 0 Å². The van der Waals surface area contributed by atoms with Crippen molar-refractivity contribution in [3.8, 4) is 0 Å². The summed E-state index contributed by atoms with van der Waals surface area (Å²) in [6, 6.07) is -0.0243. The molecule has 2 rings (SSSR count). The first-order chi connectivity index (χ1) is 5.98. The molecule has 3 heteroatoms. The van der Waals surface area contributed by atoms with Crippen molar-refractivity contribution in [3.63, 3.8) is 0 Å². The number of rotatable bonds is 0. The summed E-state index contributed by atoms with van der Waals surface area (Å²) in [7, 11) is 0. The number of carbonyl (C=O) groups is 2. The van der Waals surface area contributed by atoms with E-state index in [-0.39, 0.29) is 23.1 Å². The van der Waals surface area contributed by atoms with E-state index in [1.165, 1.54) is 6.08 Å². The van der Waals surface area contributed by atoms with Crippen molar-refractivity contribution in [2.45, 2.75) is 32.7 Å². The first-order valence-electron chi connectivity index (χ1n) is 4.53. The Labute approximate surface area is 77.2 Å². The number of ketones is 1. The van der Waals surface area contributed by atoms with E-state index in [0.717, 1.165) is 6.42 Å². The highest BCUT2D eigenvalue weighted by Crippen LogP contribution is 2.37. The second-order valence-electron chi connectivity index (χ2n) is 4.63. The van der Waals surface area contributed by atoms with Crippen molar-refractivity contribution < 1.29 is 9.59 Å². The largest absolute Gasteiger partial charge is 0.346 e. The molecule has 1 aliphatic heterocycles. The fourth-order valence-electron chi connectivity index (χ4n) is 2.13. The van der Waals surface area contributed by atoms with Gasteiger partial charge in [0.05, 0.1) is 6.04 Å². The average Bonchev–Trinajstić information content (AvgIpc) is 2.27. The highest BCUT2D eigenvalue weighted by atomic mass is 16.2. The van der Waals surface area contributed by atoms with Crippen molar-refractivity contribution in [2.24, 2.45) is 5.41 Å². The van der Waals surface area contributed by atoms with E-state index in [9.17, 15) is 9.59 Å². The van der Waals surface area contributed by atoms with E-state index in [1.807, 2.05) is 0 Å². The molecule has 0 bridgehead atoms. The van der Waals surface area contributed by atoms with Crippen LogP contribution in [0.15, 0.2) is 11.6 Å². The van der Waals surface area contributed by atoms with E-state index >= 15 is 0 Å². The predicted octanol–water partition coefficient (Wildman–Crippen LogP) is 0.800. The van der Waals surface area contributed by atoms with Crippen LogP contribution in [0.1, 0.15) is 26.7 Å². The van der Waals surface area contributed by atoms with Crippen molar-refractivity contribution in [1.29, 1.82) is 0 Å². The van der Waals surface area contributed by atoms with Gasteiger partial charge in [0.2, 0.25) is 5.91 Å². The molecule has 0 spiro atoms. The maximum Gasteiger partial charge on any atom is 0.244 e. The zero-order valence-electron chi connectivity index (χ0n) is 7.89. The molecule has 0 aromatic heterocycles. The van der Waals surface area contributed by atoms with Gasteiger partial charge < -0.3 is 5.32 Å². The second-order valence-corrected chi connectivity index (χ2v) is 4.63. The molecule has 1 saturated carbocycles. The Morgan fingerprint density at radius 3 is 2.85 bits per heavy atom. The second kappa shape index (κ2) is 2.44. The monoisotopic (exact) mass is 179 g/mol. The summed E-state index contributed by atoms with van der Waals surface area (Å²) in [6.07, 6.45) is 2.88. The van der Waals surface area contributed by atoms with Crippen molar-refractivity contribution in [2.75, 3.05) is 0 Å². The highest BCUT2D eigenvalue weighted by Gasteiger charge is 2.40. The molecule has 70 valence electrons. The Morgan fingerprint density at radius 1 is 1.46 bits per heavy atom. The average molecular weight is 179 g/mol. The molecule has 0 radical (unpaired) electrons. The molecule has 1 heterocycles. The third-order valence-corrected chi connectivity index (χ3v) is 2.70. The fourth-order valence-corrected chi connectivity index (χ4v) is 2.13. The Kier molecular flexibility index (Phi) is 1.59. The summed E-state index contributed by atoms with van der Waals surface area (Å²) in [4.78, 5) is 22.6. The zero-order valence-corrected chi connectivity index (χ0v) is 7.89. The van der Waals surface area contributed by atoms with Crippen LogP contribution in [0.2, 0.25) is 0 Å². The molecule has 0 aromatic rings. The number of hydrogen-bond acceptors (Lipinski definition) is 2. The molecule has 13 heavy (non-hydrogen) atoms. The molecule has 1 amide bonds. The Bertz CT molecular complexity index is 315. The van der Waals surface area contributed by atoms with E-state index in [2.05, 4.69) is 19.2 Å². The van der Waals surface area contributed by atoms with E-state index in [4.69, 9.17) is 0 Å². The molecule has 2 aliphatic rings.